The van der Waals surface area contributed by atoms with Crippen molar-refractivity contribution in [3.05, 3.63) is 35.4 Å². The van der Waals surface area contributed by atoms with E-state index in [9.17, 15) is 9.59 Å². The summed E-state index contributed by atoms with van der Waals surface area (Å²) >= 11 is 1.33. The molecule has 1 aromatic rings. The number of amides is 1. The first-order chi connectivity index (χ1) is 10.3. The summed E-state index contributed by atoms with van der Waals surface area (Å²) in [5.41, 5.74) is 2.62. The summed E-state index contributed by atoms with van der Waals surface area (Å²) in [6.07, 6.45) is 0.570. The van der Waals surface area contributed by atoms with Gasteiger partial charge in [0.1, 0.15) is 0 Å². The monoisotopic (exact) mass is 319 g/mol. The number of hydrogen-bond donors (Lipinski definition) is 0. The molecular weight excluding hydrogens is 294 g/mol. The molecule has 120 valence electrons. The Morgan fingerprint density at radius 3 is 2.45 bits per heavy atom. The predicted molar refractivity (Wildman–Crippen MR) is 91.8 cm³/mol. The lowest BCUT2D eigenvalue weighted by atomic mass is 9.87. The molecule has 1 unspecified atom stereocenters. The Kier molecular flexibility index (Phi) is 5.32. The summed E-state index contributed by atoms with van der Waals surface area (Å²) < 4.78 is 0. The molecule has 1 fully saturated rings. The summed E-state index contributed by atoms with van der Waals surface area (Å²) in [6, 6.07) is 8.54. The smallest absolute Gasteiger partial charge is 0.223 e. The molecule has 1 aromatic carbocycles. The number of carbonyl (C=O) groups is 2. The van der Waals surface area contributed by atoms with Gasteiger partial charge in [0.05, 0.1) is 0 Å². The van der Waals surface area contributed by atoms with Gasteiger partial charge in [-0.05, 0) is 22.5 Å². The van der Waals surface area contributed by atoms with Gasteiger partial charge in [0.15, 0.2) is 5.12 Å². The van der Waals surface area contributed by atoms with E-state index >= 15 is 0 Å². The quantitative estimate of drug-likeness (QED) is 0.851. The average molecular weight is 319 g/mol. The van der Waals surface area contributed by atoms with Gasteiger partial charge in [0, 0.05) is 32.2 Å². The normalized spacial score (nSPS) is 18.8. The molecule has 0 N–H and O–H groups in total. The lowest BCUT2D eigenvalue weighted by molar-refractivity contribution is -0.128. The van der Waals surface area contributed by atoms with Crippen molar-refractivity contribution < 1.29 is 9.59 Å². The second-order valence-electron chi connectivity index (χ2n) is 7.09. The molecule has 0 spiro atoms. The minimum absolute atomic E-state index is 0.128. The summed E-state index contributed by atoms with van der Waals surface area (Å²) in [5.74, 6) is 1.25. The van der Waals surface area contributed by atoms with Gasteiger partial charge in [0.2, 0.25) is 5.91 Å². The highest BCUT2D eigenvalue weighted by Crippen LogP contribution is 2.25. The highest BCUT2D eigenvalue weighted by Gasteiger charge is 2.29. The number of benzene rings is 1. The Bertz CT molecular complexity index is 545. The topological polar surface area (TPSA) is 37.4 Å². The van der Waals surface area contributed by atoms with E-state index in [1.807, 2.05) is 4.90 Å². The second-order valence-corrected chi connectivity index (χ2v) is 8.29. The molecule has 1 saturated heterocycles. The van der Waals surface area contributed by atoms with Crippen molar-refractivity contribution in [2.45, 2.75) is 46.1 Å². The molecule has 0 saturated carbocycles. The molecule has 0 aliphatic carbocycles. The molecule has 22 heavy (non-hydrogen) atoms. The number of rotatable bonds is 4. The van der Waals surface area contributed by atoms with Crippen molar-refractivity contribution in [3.63, 3.8) is 0 Å². The van der Waals surface area contributed by atoms with Crippen LogP contribution in [0.2, 0.25) is 0 Å². The van der Waals surface area contributed by atoms with Crippen LogP contribution >= 0.6 is 11.8 Å². The van der Waals surface area contributed by atoms with Crippen LogP contribution in [-0.2, 0) is 21.5 Å². The average Bonchev–Trinajstić information content (AvgIpc) is 2.77. The van der Waals surface area contributed by atoms with Gasteiger partial charge in [-0.3, -0.25) is 9.59 Å². The third kappa shape index (κ3) is 4.60. The zero-order valence-corrected chi connectivity index (χ0v) is 14.7. The summed E-state index contributed by atoms with van der Waals surface area (Å²) in [5, 5.41) is 0.128. The van der Waals surface area contributed by atoms with Crippen LogP contribution in [0.1, 0.15) is 45.2 Å². The van der Waals surface area contributed by atoms with Gasteiger partial charge in [-0.15, -0.1) is 0 Å². The van der Waals surface area contributed by atoms with E-state index in [0.717, 1.165) is 12.3 Å². The number of thioether (sulfide) groups is 1. The minimum atomic E-state index is 0.128. The molecule has 0 bridgehead atoms. The maximum Gasteiger partial charge on any atom is 0.223 e. The van der Waals surface area contributed by atoms with Gasteiger partial charge in [-0.1, -0.05) is 56.8 Å². The highest BCUT2D eigenvalue weighted by molar-refractivity contribution is 8.13. The number of likely N-dealkylation sites (tertiary alicyclic amines) is 1. The van der Waals surface area contributed by atoms with Crippen molar-refractivity contribution in [2.75, 3.05) is 12.3 Å². The first kappa shape index (κ1) is 17.1. The van der Waals surface area contributed by atoms with Gasteiger partial charge >= 0.3 is 0 Å². The zero-order valence-electron chi connectivity index (χ0n) is 13.9. The Balaban J connectivity index is 1.93. The largest absolute Gasteiger partial charge is 0.338 e. The molecule has 1 heterocycles. The second kappa shape index (κ2) is 6.86. The number of carbonyl (C=O) groups excluding carboxylic acids is 2. The first-order valence-corrected chi connectivity index (χ1v) is 8.75. The van der Waals surface area contributed by atoms with Gasteiger partial charge in [0.25, 0.3) is 0 Å². The summed E-state index contributed by atoms with van der Waals surface area (Å²) in [7, 11) is 0. The van der Waals surface area contributed by atoms with Crippen molar-refractivity contribution in [3.8, 4) is 0 Å². The minimum Gasteiger partial charge on any atom is -0.338 e. The van der Waals surface area contributed by atoms with E-state index in [4.69, 9.17) is 0 Å². The lowest BCUT2D eigenvalue weighted by Crippen LogP contribution is -2.25. The molecule has 1 aliphatic rings. The number of hydrogen-bond acceptors (Lipinski definition) is 3. The van der Waals surface area contributed by atoms with E-state index < -0.39 is 0 Å². The Morgan fingerprint density at radius 2 is 1.91 bits per heavy atom. The van der Waals surface area contributed by atoms with Crippen LogP contribution in [0.5, 0.6) is 0 Å². The van der Waals surface area contributed by atoms with Crippen LogP contribution in [0.25, 0.3) is 0 Å². The van der Waals surface area contributed by atoms with Crippen molar-refractivity contribution >= 4 is 22.8 Å². The van der Waals surface area contributed by atoms with Crippen molar-refractivity contribution in [2.24, 2.45) is 5.92 Å². The first-order valence-electron chi connectivity index (χ1n) is 7.76. The highest BCUT2D eigenvalue weighted by atomic mass is 32.2. The van der Waals surface area contributed by atoms with Crippen LogP contribution in [0.4, 0.5) is 0 Å². The molecule has 0 aromatic heterocycles. The van der Waals surface area contributed by atoms with E-state index in [0.29, 0.717) is 18.9 Å². The van der Waals surface area contributed by atoms with Gasteiger partial charge < -0.3 is 4.90 Å². The van der Waals surface area contributed by atoms with Crippen LogP contribution in [0.3, 0.4) is 0 Å². The molecule has 0 radical (unpaired) electrons. The SMILES string of the molecule is CC(=O)SCC1CC(=O)N(Cc2ccc(C(C)(C)C)cc2)C1. The molecule has 1 aliphatic heterocycles. The number of nitrogens with zero attached hydrogens (tertiary/aromatic N) is 1. The molecule has 1 amide bonds. The van der Waals surface area contributed by atoms with Gasteiger partial charge in [-0.2, -0.15) is 0 Å². The molecule has 3 nitrogen and oxygen atoms in total. The van der Waals surface area contributed by atoms with Crippen molar-refractivity contribution in [1.29, 1.82) is 0 Å². The maximum absolute atomic E-state index is 12.1. The predicted octanol–water partition coefficient (Wildman–Crippen LogP) is 3.61. The third-order valence-electron chi connectivity index (χ3n) is 4.01. The lowest BCUT2D eigenvalue weighted by Gasteiger charge is -2.20. The third-order valence-corrected chi connectivity index (χ3v) is 5.05. The van der Waals surface area contributed by atoms with Crippen LogP contribution in [0, 0.1) is 5.92 Å². The molecule has 4 heteroatoms. The van der Waals surface area contributed by atoms with Crippen LogP contribution in [0.15, 0.2) is 24.3 Å². The van der Waals surface area contributed by atoms with E-state index in [-0.39, 0.29) is 16.4 Å². The van der Waals surface area contributed by atoms with Crippen LogP contribution < -0.4 is 0 Å². The maximum atomic E-state index is 12.1. The molecule has 1 atom stereocenters. The molecular formula is C18H25NO2S. The fourth-order valence-electron chi connectivity index (χ4n) is 2.68. The zero-order chi connectivity index (χ0) is 16.3. The fourth-order valence-corrected chi connectivity index (χ4v) is 3.38. The van der Waals surface area contributed by atoms with E-state index in [1.54, 1.807) is 6.92 Å². The Hall–Kier alpha value is -1.29. The fraction of sp³-hybridized carbons (Fsp3) is 0.556. The summed E-state index contributed by atoms with van der Waals surface area (Å²) in [6.45, 7) is 9.61. The standard InChI is InChI=1S/C18H25NO2S/c1-13(20)22-12-15-9-17(21)19(11-15)10-14-5-7-16(8-6-14)18(2,3)4/h5-8,15H,9-12H2,1-4H3. The van der Waals surface area contributed by atoms with Gasteiger partial charge in [-0.25, -0.2) is 0 Å². The summed E-state index contributed by atoms with van der Waals surface area (Å²) in [4.78, 5) is 25.0. The molecule has 2 rings (SSSR count). The van der Waals surface area contributed by atoms with E-state index in [2.05, 4.69) is 45.0 Å². The Morgan fingerprint density at radius 1 is 1.27 bits per heavy atom. The van der Waals surface area contributed by atoms with E-state index in [1.165, 1.54) is 22.9 Å². The Labute approximate surface area is 137 Å². The van der Waals surface area contributed by atoms with Crippen molar-refractivity contribution in [1.82, 2.24) is 4.90 Å². The van der Waals surface area contributed by atoms with Crippen LogP contribution in [-0.4, -0.2) is 28.2 Å².